The lowest BCUT2D eigenvalue weighted by Crippen LogP contribution is -2.36. The number of amides is 2. The number of halogens is 2. The van der Waals surface area contributed by atoms with E-state index in [0.29, 0.717) is 15.7 Å². The topological polar surface area (TPSA) is 32.3 Å². The highest BCUT2D eigenvalue weighted by atomic mass is 35.5. The maximum Gasteiger partial charge on any atom is 0.321 e. The van der Waals surface area contributed by atoms with Gasteiger partial charge in [-0.05, 0) is 31.0 Å². The molecule has 2 amide bonds. The number of carbonyl (C=O) groups excluding carboxylic acids is 1. The van der Waals surface area contributed by atoms with Crippen LogP contribution in [0.5, 0.6) is 0 Å². The number of hydrogen-bond acceptors (Lipinski definition) is 1. The number of anilines is 1. The van der Waals surface area contributed by atoms with Crippen molar-refractivity contribution in [3.8, 4) is 0 Å². The van der Waals surface area contributed by atoms with Crippen LogP contribution in [0.2, 0.25) is 10.0 Å². The summed E-state index contributed by atoms with van der Waals surface area (Å²) in [5.41, 5.74) is 0.558. The van der Waals surface area contributed by atoms with Gasteiger partial charge in [-0.1, -0.05) is 49.9 Å². The minimum Gasteiger partial charge on any atom is -0.325 e. The van der Waals surface area contributed by atoms with Crippen molar-refractivity contribution in [2.24, 2.45) is 0 Å². The summed E-state index contributed by atoms with van der Waals surface area (Å²) < 4.78 is 0. The fraction of sp³-hybridized carbons (Fsp3) is 0.533. The number of nitrogens with zero attached hydrogens (tertiary/aromatic N) is 1. The number of carbonyl (C=O) groups is 1. The zero-order valence-electron chi connectivity index (χ0n) is 12.1. The van der Waals surface area contributed by atoms with Crippen LogP contribution in [-0.4, -0.2) is 24.0 Å². The van der Waals surface area contributed by atoms with E-state index in [-0.39, 0.29) is 6.03 Å². The van der Waals surface area contributed by atoms with Crippen LogP contribution in [0.15, 0.2) is 18.2 Å². The number of nitrogens with one attached hydrogen (secondary N) is 1. The summed E-state index contributed by atoms with van der Waals surface area (Å²) in [5, 5.41) is 3.89. The third-order valence-electron chi connectivity index (χ3n) is 3.02. The fourth-order valence-corrected chi connectivity index (χ4v) is 2.14. The highest BCUT2D eigenvalue weighted by molar-refractivity contribution is 6.35. The summed E-state index contributed by atoms with van der Waals surface area (Å²) in [5.74, 6) is 0. The minimum absolute atomic E-state index is 0.115. The van der Waals surface area contributed by atoms with Gasteiger partial charge < -0.3 is 10.2 Å². The van der Waals surface area contributed by atoms with Gasteiger partial charge in [0, 0.05) is 18.1 Å². The van der Waals surface area contributed by atoms with Crippen molar-refractivity contribution >= 4 is 34.9 Å². The van der Waals surface area contributed by atoms with Crippen LogP contribution in [0.1, 0.15) is 39.5 Å². The van der Waals surface area contributed by atoms with Crippen LogP contribution in [0.25, 0.3) is 0 Å². The summed E-state index contributed by atoms with van der Waals surface area (Å²) in [6, 6.07) is 4.93. The maximum atomic E-state index is 12.3. The molecule has 0 unspecified atom stereocenters. The average molecular weight is 317 g/mol. The summed E-state index contributed by atoms with van der Waals surface area (Å²) >= 11 is 12.0. The second-order valence-electron chi connectivity index (χ2n) is 4.75. The number of hydrogen-bond donors (Lipinski definition) is 1. The zero-order chi connectivity index (χ0) is 15.0. The Morgan fingerprint density at radius 2 is 1.75 bits per heavy atom. The molecule has 1 aromatic rings. The second-order valence-corrected chi connectivity index (χ2v) is 5.59. The van der Waals surface area contributed by atoms with Crippen LogP contribution in [-0.2, 0) is 0 Å². The number of urea groups is 1. The van der Waals surface area contributed by atoms with Crippen molar-refractivity contribution in [1.29, 1.82) is 0 Å². The highest BCUT2D eigenvalue weighted by Gasteiger charge is 2.14. The van der Waals surface area contributed by atoms with Gasteiger partial charge in [0.2, 0.25) is 0 Å². The van der Waals surface area contributed by atoms with Gasteiger partial charge in [-0.3, -0.25) is 0 Å². The number of unbranched alkanes of at least 4 members (excludes halogenated alkanes) is 2. The molecule has 0 fully saturated rings. The highest BCUT2D eigenvalue weighted by Crippen LogP contribution is 2.25. The molecular weight excluding hydrogens is 295 g/mol. The van der Waals surface area contributed by atoms with E-state index in [1.54, 1.807) is 18.2 Å². The summed E-state index contributed by atoms with van der Waals surface area (Å²) in [6.07, 6.45) is 4.13. The average Bonchev–Trinajstić information content (AvgIpc) is 2.43. The molecule has 0 aliphatic carbocycles. The first-order valence-corrected chi connectivity index (χ1v) is 7.85. The monoisotopic (exact) mass is 316 g/mol. The molecule has 0 saturated carbocycles. The van der Waals surface area contributed by atoms with Gasteiger partial charge in [0.1, 0.15) is 0 Å². The van der Waals surface area contributed by atoms with Crippen LogP contribution < -0.4 is 5.32 Å². The van der Waals surface area contributed by atoms with E-state index < -0.39 is 0 Å². The van der Waals surface area contributed by atoms with Crippen LogP contribution in [0, 0.1) is 0 Å². The van der Waals surface area contributed by atoms with Gasteiger partial charge in [-0.2, -0.15) is 0 Å². The molecule has 0 aromatic heterocycles. The molecule has 0 spiro atoms. The third-order valence-corrected chi connectivity index (χ3v) is 3.59. The van der Waals surface area contributed by atoms with Crippen molar-refractivity contribution in [2.45, 2.75) is 39.5 Å². The molecule has 5 heteroatoms. The number of rotatable bonds is 7. The van der Waals surface area contributed by atoms with E-state index in [1.165, 1.54) is 0 Å². The molecule has 0 bridgehead atoms. The van der Waals surface area contributed by atoms with E-state index in [0.717, 1.165) is 38.8 Å². The zero-order valence-corrected chi connectivity index (χ0v) is 13.6. The lowest BCUT2D eigenvalue weighted by Gasteiger charge is -2.23. The summed E-state index contributed by atoms with van der Waals surface area (Å²) in [7, 11) is 0. The first-order chi connectivity index (χ1) is 9.58. The van der Waals surface area contributed by atoms with Gasteiger partial charge in [-0.15, -0.1) is 0 Å². The predicted octanol–water partition coefficient (Wildman–Crippen LogP) is 5.43. The number of benzene rings is 1. The standard InChI is InChI=1S/C15H22Cl2N2O/c1-3-5-9-19(10-6-4-2)15(20)18-14-11-12(16)7-8-13(14)17/h7-8,11H,3-6,9-10H2,1-2H3,(H,18,20). The van der Waals surface area contributed by atoms with E-state index in [1.807, 2.05) is 4.90 Å². The lowest BCUT2D eigenvalue weighted by molar-refractivity contribution is 0.210. The van der Waals surface area contributed by atoms with E-state index in [2.05, 4.69) is 19.2 Å². The Morgan fingerprint density at radius 3 is 2.30 bits per heavy atom. The van der Waals surface area contributed by atoms with E-state index in [4.69, 9.17) is 23.2 Å². The van der Waals surface area contributed by atoms with Gasteiger partial charge in [0.05, 0.1) is 10.7 Å². The SMILES string of the molecule is CCCCN(CCCC)C(=O)Nc1cc(Cl)ccc1Cl. The Labute approximate surface area is 131 Å². The third kappa shape index (κ3) is 5.59. The Kier molecular flexibility index (Phi) is 7.78. The molecule has 1 rings (SSSR count). The molecule has 112 valence electrons. The van der Waals surface area contributed by atoms with Crippen molar-refractivity contribution < 1.29 is 4.79 Å². The Bertz CT molecular complexity index is 430. The molecule has 0 heterocycles. The first-order valence-electron chi connectivity index (χ1n) is 7.09. The van der Waals surface area contributed by atoms with E-state index >= 15 is 0 Å². The van der Waals surface area contributed by atoms with Crippen LogP contribution in [0.3, 0.4) is 0 Å². The fourth-order valence-electron chi connectivity index (χ4n) is 1.80. The Morgan fingerprint density at radius 1 is 1.15 bits per heavy atom. The molecule has 1 aromatic carbocycles. The summed E-state index contributed by atoms with van der Waals surface area (Å²) in [6.45, 7) is 5.76. The van der Waals surface area contributed by atoms with Gasteiger partial charge in [0.15, 0.2) is 0 Å². The smallest absolute Gasteiger partial charge is 0.321 e. The minimum atomic E-state index is -0.115. The molecule has 3 nitrogen and oxygen atoms in total. The largest absolute Gasteiger partial charge is 0.325 e. The molecule has 0 saturated heterocycles. The lowest BCUT2D eigenvalue weighted by atomic mass is 10.2. The van der Waals surface area contributed by atoms with Crippen molar-refractivity contribution in [1.82, 2.24) is 4.90 Å². The van der Waals surface area contributed by atoms with Gasteiger partial charge in [0.25, 0.3) is 0 Å². The normalized spacial score (nSPS) is 10.4. The predicted molar refractivity (Wildman–Crippen MR) is 86.9 cm³/mol. The molecular formula is C15H22Cl2N2O. The van der Waals surface area contributed by atoms with E-state index in [9.17, 15) is 4.79 Å². The summed E-state index contributed by atoms with van der Waals surface area (Å²) in [4.78, 5) is 14.1. The molecule has 1 N–H and O–H groups in total. The first kappa shape index (κ1) is 17.1. The van der Waals surface area contributed by atoms with Crippen molar-refractivity contribution in [2.75, 3.05) is 18.4 Å². The quantitative estimate of drug-likeness (QED) is 0.715. The van der Waals surface area contributed by atoms with Gasteiger partial charge >= 0.3 is 6.03 Å². The second kappa shape index (κ2) is 9.09. The van der Waals surface area contributed by atoms with Crippen molar-refractivity contribution in [3.63, 3.8) is 0 Å². The molecule has 0 aliphatic heterocycles. The Hall–Kier alpha value is -0.930. The molecule has 20 heavy (non-hydrogen) atoms. The van der Waals surface area contributed by atoms with Crippen molar-refractivity contribution in [3.05, 3.63) is 28.2 Å². The molecule has 0 radical (unpaired) electrons. The molecule has 0 atom stereocenters. The Balaban J connectivity index is 2.70. The van der Waals surface area contributed by atoms with Crippen LogP contribution >= 0.6 is 23.2 Å². The van der Waals surface area contributed by atoms with Crippen LogP contribution in [0.4, 0.5) is 10.5 Å². The maximum absolute atomic E-state index is 12.3. The molecule has 0 aliphatic rings. The van der Waals surface area contributed by atoms with Gasteiger partial charge in [-0.25, -0.2) is 4.79 Å².